The van der Waals surface area contributed by atoms with Gasteiger partial charge in [-0.25, -0.2) is 14.3 Å². The van der Waals surface area contributed by atoms with E-state index in [4.69, 9.17) is 9.47 Å². The zero-order valence-corrected chi connectivity index (χ0v) is 16.3. The number of rotatable bonds is 7. The van der Waals surface area contributed by atoms with Gasteiger partial charge in [-0.3, -0.25) is 4.79 Å². The summed E-state index contributed by atoms with van der Waals surface area (Å²) in [6.45, 7) is 9.34. The van der Waals surface area contributed by atoms with E-state index in [1.807, 2.05) is 26.8 Å². The molecule has 1 heterocycles. The Morgan fingerprint density at radius 3 is 2.22 bits per heavy atom. The highest BCUT2D eigenvalue weighted by Crippen LogP contribution is 2.19. The quantitative estimate of drug-likeness (QED) is 0.548. The van der Waals surface area contributed by atoms with E-state index in [9.17, 15) is 14.4 Å². The van der Waals surface area contributed by atoms with E-state index in [2.05, 4.69) is 5.10 Å². The third kappa shape index (κ3) is 4.42. The second-order valence-corrected chi connectivity index (χ2v) is 6.12. The highest BCUT2D eigenvalue weighted by molar-refractivity contribution is 5.99. The molecular weight excluding hydrogens is 348 g/mol. The highest BCUT2D eigenvalue weighted by atomic mass is 16.5. The van der Waals surface area contributed by atoms with Crippen LogP contribution in [0.3, 0.4) is 0 Å². The van der Waals surface area contributed by atoms with Crippen molar-refractivity contribution in [2.75, 3.05) is 13.2 Å². The summed E-state index contributed by atoms with van der Waals surface area (Å²) in [6.07, 6.45) is 0. The fourth-order valence-electron chi connectivity index (χ4n) is 2.69. The number of aromatic nitrogens is 2. The van der Waals surface area contributed by atoms with Crippen LogP contribution < -0.4 is 0 Å². The Kier molecular flexibility index (Phi) is 6.50. The van der Waals surface area contributed by atoms with Crippen molar-refractivity contribution < 1.29 is 23.9 Å². The van der Waals surface area contributed by atoms with Gasteiger partial charge in [-0.2, -0.15) is 5.10 Å². The Bertz CT molecular complexity index is 883. The summed E-state index contributed by atoms with van der Waals surface area (Å²) >= 11 is 0. The molecule has 0 amide bonds. The number of nitrogens with zero attached hydrogens (tertiary/aromatic N) is 2. The van der Waals surface area contributed by atoms with Crippen molar-refractivity contribution in [1.82, 2.24) is 9.78 Å². The first-order valence-corrected chi connectivity index (χ1v) is 8.82. The lowest BCUT2D eigenvalue weighted by atomic mass is 9.96. The van der Waals surface area contributed by atoms with Crippen molar-refractivity contribution in [3.63, 3.8) is 0 Å². The summed E-state index contributed by atoms with van der Waals surface area (Å²) in [5, 5.41) is 4.09. The molecule has 0 saturated heterocycles. The van der Waals surface area contributed by atoms with Crippen molar-refractivity contribution >= 4 is 17.7 Å². The molecule has 0 aliphatic heterocycles. The lowest BCUT2D eigenvalue weighted by Crippen LogP contribution is -2.19. The van der Waals surface area contributed by atoms with Gasteiger partial charge in [-0.1, -0.05) is 12.1 Å². The maximum Gasteiger partial charge on any atom is 0.358 e. The fourth-order valence-corrected chi connectivity index (χ4v) is 2.69. The minimum Gasteiger partial charge on any atom is -0.461 e. The number of hydrogen-bond donors (Lipinski definition) is 0. The smallest absolute Gasteiger partial charge is 0.358 e. The minimum absolute atomic E-state index is 0.0368. The van der Waals surface area contributed by atoms with Gasteiger partial charge >= 0.3 is 11.9 Å². The van der Waals surface area contributed by atoms with Gasteiger partial charge in [0.2, 0.25) is 0 Å². The molecule has 0 fully saturated rings. The zero-order valence-electron chi connectivity index (χ0n) is 16.3. The van der Waals surface area contributed by atoms with Gasteiger partial charge in [-0.15, -0.1) is 0 Å². The van der Waals surface area contributed by atoms with Gasteiger partial charge in [0.1, 0.15) is 12.2 Å². The predicted molar refractivity (Wildman–Crippen MR) is 99.1 cm³/mol. The third-order valence-electron chi connectivity index (χ3n) is 4.40. The molecular formula is C20H24N2O5. The molecule has 0 N–H and O–H groups in total. The Morgan fingerprint density at radius 1 is 0.963 bits per heavy atom. The summed E-state index contributed by atoms with van der Waals surface area (Å²) in [5.74, 6) is -1.51. The van der Waals surface area contributed by atoms with E-state index in [1.54, 1.807) is 19.9 Å². The number of carbonyl (C=O) groups excluding carboxylic acids is 3. The van der Waals surface area contributed by atoms with Crippen molar-refractivity contribution in [2.24, 2.45) is 0 Å². The molecule has 27 heavy (non-hydrogen) atoms. The molecule has 0 bridgehead atoms. The molecule has 0 saturated carbocycles. The summed E-state index contributed by atoms with van der Waals surface area (Å²) in [6, 6.07) is 4.94. The number of Topliss-reactive ketones (excluding diaryl/α,β-unsaturated/α-hetero) is 1. The number of ketones is 1. The van der Waals surface area contributed by atoms with Crippen LogP contribution in [0.15, 0.2) is 18.2 Å². The Labute approximate surface area is 158 Å². The summed E-state index contributed by atoms with van der Waals surface area (Å²) in [4.78, 5) is 37.0. The number of aryl methyl sites for hydroxylation is 1. The van der Waals surface area contributed by atoms with Crippen molar-refractivity contribution in [3.8, 4) is 0 Å². The Hall–Kier alpha value is -2.96. The molecule has 2 aromatic rings. The highest BCUT2D eigenvalue weighted by Gasteiger charge is 2.23. The molecule has 1 aromatic carbocycles. The van der Waals surface area contributed by atoms with Crippen molar-refractivity contribution in [2.45, 2.75) is 41.2 Å². The van der Waals surface area contributed by atoms with Crippen LogP contribution in [-0.2, 0) is 16.0 Å². The molecule has 2 rings (SSSR count). The van der Waals surface area contributed by atoms with E-state index < -0.39 is 11.9 Å². The van der Waals surface area contributed by atoms with Gasteiger partial charge in [0.15, 0.2) is 11.5 Å². The first kappa shape index (κ1) is 20.4. The lowest BCUT2D eigenvalue weighted by Gasteiger charge is -2.11. The number of benzene rings is 1. The number of ether oxygens (including phenoxy) is 2. The average Bonchev–Trinajstić information content (AvgIpc) is 3.04. The molecule has 144 valence electrons. The van der Waals surface area contributed by atoms with E-state index in [0.717, 1.165) is 16.7 Å². The first-order chi connectivity index (χ1) is 12.8. The standard InChI is InChI=1S/C20H24N2O5/c1-6-26-19(24)16-10-17(20(25)27-7-2)22(21-16)11-18(23)15-9-8-12(3)13(4)14(15)5/h8-10H,6-7,11H2,1-5H3. The molecule has 0 aliphatic carbocycles. The van der Waals surface area contributed by atoms with E-state index in [1.165, 1.54) is 10.7 Å². The van der Waals surface area contributed by atoms with Crippen LogP contribution in [0.4, 0.5) is 0 Å². The van der Waals surface area contributed by atoms with Crippen LogP contribution in [0.5, 0.6) is 0 Å². The average molecular weight is 372 g/mol. The van der Waals surface area contributed by atoms with Gasteiger partial charge in [0, 0.05) is 11.6 Å². The molecule has 0 radical (unpaired) electrons. The van der Waals surface area contributed by atoms with Gasteiger partial charge < -0.3 is 9.47 Å². The number of esters is 2. The van der Waals surface area contributed by atoms with Crippen LogP contribution in [0.2, 0.25) is 0 Å². The molecule has 0 atom stereocenters. The van der Waals surface area contributed by atoms with Crippen LogP contribution in [0.25, 0.3) is 0 Å². The van der Waals surface area contributed by atoms with E-state index in [-0.39, 0.29) is 36.9 Å². The second-order valence-electron chi connectivity index (χ2n) is 6.12. The summed E-state index contributed by atoms with van der Waals surface area (Å²) in [5.41, 5.74) is 3.58. The lowest BCUT2D eigenvalue weighted by molar-refractivity contribution is 0.0505. The van der Waals surface area contributed by atoms with Gasteiger partial charge in [0.05, 0.1) is 13.2 Å². The topological polar surface area (TPSA) is 87.5 Å². The molecule has 0 unspecified atom stereocenters. The van der Waals surface area contributed by atoms with E-state index >= 15 is 0 Å². The summed E-state index contributed by atoms with van der Waals surface area (Å²) < 4.78 is 11.1. The monoisotopic (exact) mass is 372 g/mol. The Morgan fingerprint density at radius 2 is 1.59 bits per heavy atom. The fraction of sp³-hybridized carbons (Fsp3) is 0.400. The maximum atomic E-state index is 12.8. The zero-order chi connectivity index (χ0) is 20.1. The second kappa shape index (κ2) is 8.62. The third-order valence-corrected chi connectivity index (χ3v) is 4.40. The number of hydrogen-bond acceptors (Lipinski definition) is 6. The predicted octanol–water partition coefficient (Wildman–Crippen LogP) is 3.04. The normalized spacial score (nSPS) is 10.6. The van der Waals surface area contributed by atoms with Gasteiger partial charge in [0.25, 0.3) is 0 Å². The molecule has 0 aliphatic rings. The van der Waals surface area contributed by atoms with Crippen LogP contribution in [0, 0.1) is 20.8 Å². The van der Waals surface area contributed by atoms with Crippen molar-refractivity contribution in [3.05, 3.63) is 51.8 Å². The minimum atomic E-state index is -0.656. The molecule has 7 nitrogen and oxygen atoms in total. The van der Waals surface area contributed by atoms with Crippen LogP contribution >= 0.6 is 0 Å². The SMILES string of the molecule is CCOC(=O)c1cc(C(=O)OCC)n(CC(=O)c2ccc(C)c(C)c2C)n1. The van der Waals surface area contributed by atoms with Crippen LogP contribution in [0.1, 0.15) is 61.9 Å². The van der Waals surface area contributed by atoms with Crippen molar-refractivity contribution in [1.29, 1.82) is 0 Å². The van der Waals surface area contributed by atoms with Gasteiger partial charge in [-0.05, 0) is 51.3 Å². The first-order valence-electron chi connectivity index (χ1n) is 8.82. The Balaban J connectivity index is 2.38. The maximum absolute atomic E-state index is 12.8. The molecule has 7 heteroatoms. The largest absolute Gasteiger partial charge is 0.461 e. The summed E-state index contributed by atoms with van der Waals surface area (Å²) in [7, 11) is 0. The van der Waals surface area contributed by atoms with E-state index in [0.29, 0.717) is 5.56 Å². The van der Waals surface area contributed by atoms with Crippen LogP contribution in [-0.4, -0.2) is 40.7 Å². The number of carbonyl (C=O) groups is 3. The molecule has 1 aromatic heterocycles. The molecule has 0 spiro atoms.